The number of aromatic nitrogens is 1. The third-order valence-electron chi connectivity index (χ3n) is 4.19. The molecule has 3 rings (SSSR count). The fraction of sp³-hybridized carbons (Fsp3) is 0.316. The number of benzene rings is 1. The number of rotatable bonds is 3. The molecule has 1 aliphatic rings. The minimum Gasteiger partial charge on any atom is -0.445 e. The van der Waals surface area contributed by atoms with Gasteiger partial charge in [-0.25, -0.2) is 4.79 Å². The molecule has 25 heavy (non-hydrogen) atoms. The zero-order chi connectivity index (χ0) is 17.6. The average Bonchev–Trinajstić information content (AvgIpc) is 2.67. The first-order chi connectivity index (χ1) is 12.1. The third kappa shape index (κ3) is 4.35. The molecule has 2 aromatic rings. The molecule has 0 aliphatic carbocycles. The lowest BCUT2D eigenvalue weighted by Crippen LogP contribution is -2.50. The van der Waals surface area contributed by atoms with Gasteiger partial charge in [0.1, 0.15) is 6.61 Å². The van der Waals surface area contributed by atoms with Crippen LogP contribution in [0, 0.1) is 6.92 Å². The van der Waals surface area contributed by atoms with Crippen molar-refractivity contribution in [1.82, 2.24) is 14.8 Å². The number of pyridine rings is 1. The highest BCUT2D eigenvalue weighted by molar-refractivity contribution is 5.94. The number of hydrogen-bond donors (Lipinski definition) is 0. The van der Waals surface area contributed by atoms with E-state index in [1.165, 1.54) is 0 Å². The van der Waals surface area contributed by atoms with Crippen molar-refractivity contribution < 1.29 is 14.3 Å². The highest BCUT2D eigenvalue weighted by Gasteiger charge is 2.25. The summed E-state index contributed by atoms with van der Waals surface area (Å²) < 4.78 is 5.33. The lowest BCUT2D eigenvalue weighted by molar-refractivity contribution is 0.0543. The number of aryl methyl sites for hydroxylation is 1. The van der Waals surface area contributed by atoms with Gasteiger partial charge < -0.3 is 14.5 Å². The summed E-state index contributed by atoms with van der Waals surface area (Å²) in [5.74, 6) is -0.0511. The zero-order valence-corrected chi connectivity index (χ0v) is 14.2. The van der Waals surface area contributed by atoms with E-state index >= 15 is 0 Å². The van der Waals surface area contributed by atoms with Crippen LogP contribution < -0.4 is 0 Å². The van der Waals surface area contributed by atoms with Crippen LogP contribution in [-0.2, 0) is 11.3 Å². The number of carbonyl (C=O) groups excluding carboxylic acids is 2. The summed E-state index contributed by atoms with van der Waals surface area (Å²) in [4.78, 5) is 32.1. The minimum atomic E-state index is -0.340. The minimum absolute atomic E-state index is 0.0511. The van der Waals surface area contributed by atoms with Crippen LogP contribution in [0.25, 0.3) is 0 Å². The SMILES string of the molecule is Cc1ccc(C(=O)N2CCN(C(=O)OCc3ccccc3)CC2)cn1. The molecule has 0 N–H and O–H groups in total. The fourth-order valence-electron chi connectivity index (χ4n) is 2.68. The van der Waals surface area contributed by atoms with Crippen LogP contribution in [0.3, 0.4) is 0 Å². The van der Waals surface area contributed by atoms with Gasteiger partial charge in [0, 0.05) is 38.1 Å². The van der Waals surface area contributed by atoms with Crippen LogP contribution in [0.2, 0.25) is 0 Å². The smallest absolute Gasteiger partial charge is 0.410 e. The normalized spacial score (nSPS) is 14.3. The van der Waals surface area contributed by atoms with Crippen LogP contribution in [-0.4, -0.2) is 53.0 Å². The summed E-state index contributed by atoms with van der Waals surface area (Å²) in [5.41, 5.74) is 2.41. The van der Waals surface area contributed by atoms with Crippen molar-refractivity contribution in [2.24, 2.45) is 0 Å². The van der Waals surface area contributed by atoms with E-state index in [1.807, 2.05) is 43.3 Å². The molecule has 2 heterocycles. The molecule has 1 aromatic carbocycles. The van der Waals surface area contributed by atoms with E-state index in [2.05, 4.69) is 4.98 Å². The number of piperazine rings is 1. The van der Waals surface area contributed by atoms with Crippen LogP contribution in [0.15, 0.2) is 48.7 Å². The van der Waals surface area contributed by atoms with Gasteiger partial charge in [0.05, 0.1) is 5.56 Å². The molecule has 6 heteroatoms. The van der Waals surface area contributed by atoms with Gasteiger partial charge in [-0.1, -0.05) is 30.3 Å². The number of carbonyl (C=O) groups is 2. The Balaban J connectivity index is 1.48. The maximum absolute atomic E-state index is 12.4. The second-order valence-electron chi connectivity index (χ2n) is 6.01. The molecule has 0 radical (unpaired) electrons. The Morgan fingerprint density at radius 2 is 1.68 bits per heavy atom. The molecule has 0 spiro atoms. The van der Waals surface area contributed by atoms with Crippen LogP contribution in [0.4, 0.5) is 4.79 Å². The van der Waals surface area contributed by atoms with Crippen LogP contribution in [0.1, 0.15) is 21.6 Å². The van der Waals surface area contributed by atoms with Crippen molar-refractivity contribution in [1.29, 1.82) is 0 Å². The Kier molecular flexibility index (Phi) is 5.28. The summed E-state index contributed by atoms with van der Waals surface area (Å²) in [6.07, 6.45) is 1.26. The summed E-state index contributed by atoms with van der Waals surface area (Å²) >= 11 is 0. The second kappa shape index (κ2) is 7.79. The largest absolute Gasteiger partial charge is 0.445 e. The Morgan fingerprint density at radius 3 is 2.32 bits per heavy atom. The van der Waals surface area contributed by atoms with E-state index in [0.29, 0.717) is 31.7 Å². The molecule has 0 bridgehead atoms. The molecule has 2 amide bonds. The van der Waals surface area contributed by atoms with E-state index in [4.69, 9.17) is 4.74 Å². The fourth-order valence-corrected chi connectivity index (χ4v) is 2.68. The molecule has 1 saturated heterocycles. The Morgan fingerprint density at radius 1 is 1.00 bits per heavy atom. The molecule has 0 atom stereocenters. The van der Waals surface area contributed by atoms with Gasteiger partial charge in [0.25, 0.3) is 5.91 Å². The van der Waals surface area contributed by atoms with Gasteiger partial charge in [-0.05, 0) is 24.6 Å². The highest BCUT2D eigenvalue weighted by Crippen LogP contribution is 2.10. The van der Waals surface area contributed by atoms with E-state index < -0.39 is 0 Å². The first kappa shape index (κ1) is 17.0. The predicted octanol–water partition coefficient (Wildman–Crippen LogP) is 2.48. The standard InChI is InChI=1S/C19H21N3O3/c1-15-7-8-17(13-20-15)18(23)21-9-11-22(12-10-21)19(24)25-14-16-5-3-2-4-6-16/h2-8,13H,9-12,14H2,1H3. The Labute approximate surface area is 147 Å². The number of amides is 2. The Hall–Kier alpha value is -2.89. The van der Waals surface area contributed by atoms with E-state index in [9.17, 15) is 9.59 Å². The second-order valence-corrected chi connectivity index (χ2v) is 6.01. The quantitative estimate of drug-likeness (QED) is 0.862. The lowest BCUT2D eigenvalue weighted by atomic mass is 10.2. The molecule has 1 aromatic heterocycles. The van der Waals surface area contributed by atoms with Gasteiger partial charge in [-0.2, -0.15) is 0 Å². The summed E-state index contributed by atoms with van der Waals surface area (Å²) in [7, 11) is 0. The van der Waals surface area contributed by atoms with Gasteiger partial charge in [-0.3, -0.25) is 9.78 Å². The Bertz CT molecular complexity index is 723. The monoisotopic (exact) mass is 339 g/mol. The number of ether oxygens (including phenoxy) is 1. The van der Waals surface area contributed by atoms with Gasteiger partial charge >= 0.3 is 6.09 Å². The summed E-state index contributed by atoms with van der Waals surface area (Å²) in [6.45, 7) is 4.07. The van der Waals surface area contributed by atoms with E-state index in [-0.39, 0.29) is 18.6 Å². The van der Waals surface area contributed by atoms with Gasteiger partial charge in [-0.15, -0.1) is 0 Å². The van der Waals surface area contributed by atoms with Crippen molar-refractivity contribution in [2.45, 2.75) is 13.5 Å². The topological polar surface area (TPSA) is 62.7 Å². The van der Waals surface area contributed by atoms with Crippen LogP contribution in [0.5, 0.6) is 0 Å². The van der Waals surface area contributed by atoms with Crippen molar-refractivity contribution in [3.63, 3.8) is 0 Å². The molecule has 130 valence electrons. The molecular formula is C19H21N3O3. The maximum Gasteiger partial charge on any atom is 0.410 e. The first-order valence-corrected chi connectivity index (χ1v) is 8.31. The van der Waals surface area contributed by atoms with E-state index in [0.717, 1.165) is 11.3 Å². The van der Waals surface area contributed by atoms with Crippen LogP contribution >= 0.6 is 0 Å². The molecule has 0 saturated carbocycles. The lowest BCUT2D eigenvalue weighted by Gasteiger charge is -2.34. The number of nitrogens with zero attached hydrogens (tertiary/aromatic N) is 3. The zero-order valence-electron chi connectivity index (χ0n) is 14.2. The van der Waals surface area contributed by atoms with Crippen molar-refractivity contribution >= 4 is 12.0 Å². The van der Waals surface area contributed by atoms with Gasteiger partial charge in [0.15, 0.2) is 0 Å². The van der Waals surface area contributed by atoms with Crippen molar-refractivity contribution in [3.8, 4) is 0 Å². The maximum atomic E-state index is 12.4. The van der Waals surface area contributed by atoms with Gasteiger partial charge in [0.2, 0.25) is 0 Å². The predicted molar refractivity (Wildman–Crippen MR) is 93.1 cm³/mol. The molecular weight excluding hydrogens is 318 g/mol. The molecule has 0 unspecified atom stereocenters. The third-order valence-corrected chi connectivity index (χ3v) is 4.19. The van der Waals surface area contributed by atoms with E-state index in [1.54, 1.807) is 22.1 Å². The highest BCUT2D eigenvalue weighted by atomic mass is 16.6. The number of hydrogen-bond acceptors (Lipinski definition) is 4. The molecule has 1 fully saturated rings. The van der Waals surface area contributed by atoms with Crippen molar-refractivity contribution in [3.05, 3.63) is 65.5 Å². The summed E-state index contributed by atoms with van der Waals surface area (Å²) in [6, 6.07) is 13.2. The molecule has 1 aliphatic heterocycles. The first-order valence-electron chi connectivity index (χ1n) is 8.31. The molecule has 6 nitrogen and oxygen atoms in total. The summed E-state index contributed by atoms with van der Waals surface area (Å²) in [5, 5.41) is 0. The average molecular weight is 339 g/mol. The van der Waals surface area contributed by atoms with Crippen molar-refractivity contribution in [2.75, 3.05) is 26.2 Å².